The average Bonchev–Trinajstić information content (AvgIpc) is 3.03. The molecular formula is C20H20N4O4S. The molecule has 1 aromatic heterocycles. The fourth-order valence-electron chi connectivity index (χ4n) is 2.60. The number of esters is 1. The number of aromatic nitrogens is 2. The molecule has 0 unspecified atom stereocenters. The lowest BCUT2D eigenvalue weighted by molar-refractivity contribution is -0.132. The van der Waals surface area contributed by atoms with Crippen molar-refractivity contribution < 1.29 is 19.1 Å². The molecule has 3 aromatic rings. The van der Waals surface area contributed by atoms with Gasteiger partial charge in [-0.15, -0.1) is 0 Å². The van der Waals surface area contributed by atoms with E-state index in [0.717, 1.165) is 16.2 Å². The van der Waals surface area contributed by atoms with E-state index in [2.05, 4.69) is 15.5 Å². The number of benzene rings is 2. The fraction of sp³-hybridized carbons (Fsp3) is 0.200. The lowest BCUT2D eigenvalue weighted by Crippen LogP contribution is -2.19. The van der Waals surface area contributed by atoms with E-state index in [4.69, 9.17) is 9.47 Å². The largest absolute Gasteiger partial charge is 0.493 e. The number of ether oxygens (including phenoxy) is 2. The number of amides is 1. The number of nitrogens with one attached hydrogen (secondary N) is 1. The SMILES string of the molecule is COc1cc(/C=N/NC(=O)CSc2nc3ccccc3n2C)ccc1OC(C)=O. The van der Waals surface area contributed by atoms with Crippen LogP contribution in [0.25, 0.3) is 11.0 Å². The number of para-hydroxylation sites is 2. The van der Waals surface area contributed by atoms with Crippen LogP contribution in [0.1, 0.15) is 12.5 Å². The number of carbonyl (C=O) groups is 2. The Labute approximate surface area is 171 Å². The third kappa shape index (κ3) is 5.14. The Bertz CT molecular complexity index is 1080. The average molecular weight is 412 g/mol. The second-order valence-electron chi connectivity index (χ2n) is 6.03. The topological polar surface area (TPSA) is 94.8 Å². The highest BCUT2D eigenvalue weighted by molar-refractivity contribution is 7.99. The summed E-state index contributed by atoms with van der Waals surface area (Å²) in [5, 5.41) is 4.72. The minimum Gasteiger partial charge on any atom is -0.493 e. The van der Waals surface area contributed by atoms with Gasteiger partial charge in [0.2, 0.25) is 0 Å². The highest BCUT2D eigenvalue weighted by atomic mass is 32.2. The zero-order chi connectivity index (χ0) is 20.8. The van der Waals surface area contributed by atoms with Crippen molar-refractivity contribution in [3.63, 3.8) is 0 Å². The highest BCUT2D eigenvalue weighted by Gasteiger charge is 2.10. The van der Waals surface area contributed by atoms with Crippen molar-refractivity contribution in [1.82, 2.24) is 15.0 Å². The van der Waals surface area contributed by atoms with E-state index >= 15 is 0 Å². The third-order valence-corrected chi connectivity index (χ3v) is 4.95. The van der Waals surface area contributed by atoms with Crippen LogP contribution in [0.15, 0.2) is 52.7 Å². The first-order valence-corrected chi connectivity index (χ1v) is 9.69. The van der Waals surface area contributed by atoms with Gasteiger partial charge >= 0.3 is 5.97 Å². The zero-order valence-electron chi connectivity index (χ0n) is 16.2. The molecule has 0 radical (unpaired) electrons. The number of aryl methyl sites for hydroxylation is 1. The summed E-state index contributed by atoms with van der Waals surface area (Å²) in [5.41, 5.74) is 5.07. The number of hydrogen-bond acceptors (Lipinski definition) is 7. The van der Waals surface area contributed by atoms with Crippen molar-refractivity contribution in [3.05, 3.63) is 48.0 Å². The van der Waals surface area contributed by atoms with Gasteiger partial charge in [0.15, 0.2) is 16.7 Å². The van der Waals surface area contributed by atoms with Crippen LogP contribution in [-0.4, -0.2) is 40.5 Å². The number of thioether (sulfide) groups is 1. The molecule has 29 heavy (non-hydrogen) atoms. The third-order valence-electron chi connectivity index (χ3n) is 3.92. The molecule has 0 atom stereocenters. The highest BCUT2D eigenvalue weighted by Crippen LogP contribution is 2.27. The summed E-state index contributed by atoms with van der Waals surface area (Å²) in [6.07, 6.45) is 1.48. The number of rotatable bonds is 7. The van der Waals surface area contributed by atoms with Crippen LogP contribution < -0.4 is 14.9 Å². The van der Waals surface area contributed by atoms with Gasteiger partial charge in [0.25, 0.3) is 5.91 Å². The summed E-state index contributed by atoms with van der Waals surface area (Å²) in [7, 11) is 3.39. The van der Waals surface area contributed by atoms with Crippen LogP contribution in [0.2, 0.25) is 0 Å². The summed E-state index contributed by atoms with van der Waals surface area (Å²) in [5.74, 6) is 0.216. The van der Waals surface area contributed by atoms with Crippen molar-refractivity contribution in [2.75, 3.05) is 12.9 Å². The molecule has 0 bridgehead atoms. The molecule has 0 fully saturated rings. The van der Waals surface area contributed by atoms with Crippen LogP contribution in [0.3, 0.4) is 0 Å². The summed E-state index contributed by atoms with van der Waals surface area (Å²) in [6, 6.07) is 12.8. The predicted molar refractivity (Wildman–Crippen MR) is 111 cm³/mol. The van der Waals surface area contributed by atoms with Gasteiger partial charge in [0.05, 0.1) is 30.1 Å². The Kier molecular flexibility index (Phi) is 6.50. The lowest BCUT2D eigenvalue weighted by atomic mass is 10.2. The van der Waals surface area contributed by atoms with Crippen LogP contribution in [-0.2, 0) is 16.6 Å². The number of fused-ring (bicyclic) bond motifs is 1. The molecule has 1 N–H and O–H groups in total. The number of carbonyl (C=O) groups excluding carboxylic acids is 2. The Morgan fingerprint density at radius 2 is 2.03 bits per heavy atom. The summed E-state index contributed by atoms with van der Waals surface area (Å²) in [6.45, 7) is 1.32. The lowest BCUT2D eigenvalue weighted by Gasteiger charge is -2.08. The Morgan fingerprint density at radius 3 is 2.76 bits per heavy atom. The van der Waals surface area contributed by atoms with Crippen LogP contribution in [0.5, 0.6) is 11.5 Å². The molecule has 0 spiro atoms. The van der Waals surface area contributed by atoms with Crippen molar-refractivity contribution in [2.24, 2.45) is 12.1 Å². The number of nitrogens with zero attached hydrogens (tertiary/aromatic N) is 3. The predicted octanol–water partition coefficient (Wildman–Crippen LogP) is 2.75. The van der Waals surface area contributed by atoms with E-state index in [1.165, 1.54) is 32.0 Å². The molecule has 150 valence electrons. The van der Waals surface area contributed by atoms with Gasteiger partial charge in [-0.05, 0) is 35.9 Å². The molecule has 0 saturated heterocycles. The van der Waals surface area contributed by atoms with E-state index in [-0.39, 0.29) is 11.7 Å². The molecule has 1 heterocycles. The van der Waals surface area contributed by atoms with E-state index in [1.807, 2.05) is 35.9 Å². The maximum Gasteiger partial charge on any atom is 0.308 e. The van der Waals surface area contributed by atoms with Gasteiger partial charge in [-0.2, -0.15) is 5.10 Å². The van der Waals surface area contributed by atoms with Gasteiger partial charge < -0.3 is 14.0 Å². The minimum absolute atomic E-state index is 0.184. The summed E-state index contributed by atoms with van der Waals surface area (Å²) in [4.78, 5) is 27.7. The van der Waals surface area contributed by atoms with Gasteiger partial charge in [0, 0.05) is 14.0 Å². The molecule has 8 nitrogen and oxygen atoms in total. The first-order valence-electron chi connectivity index (χ1n) is 8.70. The molecule has 0 saturated carbocycles. The van der Waals surface area contributed by atoms with E-state index in [0.29, 0.717) is 17.1 Å². The first-order chi connectivity index (χ1) is 14.0. The zero-order valence-corrected chi connectivity index (χ0v) is 17.0. The van der Waals surface area contributed by atoms with Crippen molar-refractivity contribution in [3.8, 4) is 11.5 Å². The number of hydrogen-bond donors (Lipinski definition) is 1. The first kappa shape index (κ1) is 20.4. The van der Waals surface area contributed by atoms with Gasteiger partial charge in [-0.3, -0.25) is 9.59 Å². The van der Waals surface area contributed by atoms with Crippen molar-refractivity contribution in [2.45, 2.75) is 12.1 Å². The monoisotopic (exact) mass is 412 g/mol. The molecule has 9 heteroatoms. The fourth-order valence-corrected chi connectivity index (χ4v) is 3.38. The molecule has 0 aliphatic rings. The van der Waals surface area contributed by atoms with E-state index in [9.17, 15) is 9.59 Å². The van der Waals surface area contributed by atoms with Gasteiger partial charge in [-0.25, -0.2) is 10.4 Å². The smallest absolute Gasteiger partial charge is 0.308 e. The Balaban J connectivity index is 1.56. The molecule has 0 aliphatic heterocycles. The quantitative estimate of drug-likeness (QED) is 0.211. The number of methoxy groups -OCH3 is 1. The number of imidazole rings is 1. The molecule has 0 aliphatic carbocycles. The normalized spacial score (nSPS) is 11.0. The Hall–Kier alpha value is -3.33. The summed E-state index contributed by atoms with van der Waals surface area (Å²) >= 11 is 1.34. The van der Waals surface area contributed by atoms with Gasteiger partial charge in [0.1, 0.15) is 0 Å². The molecular weight excluding hydrogens is 392 g/mol. The summed E-state index contributed by atoms with van der Waals surface area (Å²) < 4.78 is 12.2. The van der Waals surface area contributed by atoms with Crippen LogP contribution in [0.4, 0.5) is 0 Å². The molecule has 2 aromatic carbocycles. The van der Waals surface area contributed by atoms with Crippen LogP contribution >= 0.6 is 11.8 Å². The second kappa shape index (κ2) is 9.24. The number of hydrazone groups is 1. The second-order valence-corrected chi connectivity index (χ2v) is 6.97. The molecule has 1 amide bonds. The molecule has 3 rings (SSSR count). The Morgan fingerprint density at radius 1 is 1.24 bits per heavy atom. The minimum atomic E-state index is -0.435. The standard InChI is InChI=1S/C20H20N4O4S/c1-13(25)28-17-9-8-14(10-18(17)27-3)11-21-23-19(26)12-29-20-22-15-6-4-5-7-16(15)24(20)2/h4-11H,12H2,1-3H3,(H,23,26)/b21-11+. The van der Waals surface area contributed by atoms with Crippen LogP contribution in [0, 0.1) is 0 Å². The maximum absolute atomic E-state index is 12.1. The van der Waals surface area contributed by atoms with E-state index < -0.39 is 5.97 Å². The van der Waals surface area contributed by atoms with Crippen molar-refractivity contribution >= 4 is 40.9 Å². The maximum atomic E-state index is 12.1. The van der Waals surface area contributed by atoms with Gasteiger partial charge in [-0.1, -0.05) is 23.9 Å². The van der Waals surface area contributed by atoms with Crippen molar-refractivity contribution in [1.29, 1.82) is 0 Å². The van der Waals surface area contributed by atoms with E-state index in [1.54, 1.807) is 18.2 Å².